The van der Waals surface area contributed by atoms with Crippen LogP contribution in [-0.2, 0) is 14.3 Å². The Morgan fingerprint density at radius 2 is 1.93 bits per heavy atom. The van der Waals surface area contributed by atoms with Crippen LogP contribution in [0.15, 0.2) is 24.3 Å². The van der Waals surface area contributed by atoms with Crippen molar-refractivity contribution < 1.29 is 14.3 Å². The number of carbonyl (C=O) groups is 2. The zero-order chi connectivity index (χ0) is 20.4. The minimum Gasteiger partial charge on any atom is -0.455 e. The number of benzene rings is 1. The Kier molecular flexibility index (Phi) is 6.72. The standard InChI is InChI=1S/C22H28ClNO3S2/c1-14(15-4-2-7-19(23)12-15)24-20(25)13-27-21(26)16-10-17-5-3-6-18(11-16)22(17)28-8-9-29-22/h2,4,7,12,14,16-18H,3,5-6,8-11,13H2,1H3,(H,24,25). The normalized spacial score (nSPS) is 28.7. The highest BCUT2D eigenvalue weighted by molar-refractivity contribution is 8.21. The first-order valence-corrected chi connectivity index (χ1v) is 12.8. The number of ether oxygens (including phenoxy) is 1. The first kappa shape index (κ1) is 21.4. The molecule has 1 N–H and O–H groups in total. The SMILES string of the molecule is CC(NC(=O)COC(=O)C1CC2CCCC(C1)C21SCCS1)c1cccc(Cl)c1. The van der Waals surface area contributed by atoms with Gasteiger partial charge in [-0.1, -0.05) is 30.2 Å². The zero-order valence-corrected chi connectivity index (χ0v) is 19.1. The molecule has 1 heterocycles. The molecule has 0 aromatic heterocycles. The maximum Gasteiger partial charge on any atom is 0.309 e. The number of halogens is 1. The van der Waals surface area contributed by atoms with Gasteiger partial charge in [-0.2, -0.15) is 0 Å². The fourth-order valence-electron chi connectivity index (χ4n) is 5.20. The molecule has 1 aromatic carbocycles. The van der Waals surface area contributed by atoms with Crippen LogP contribution in [0.5, 0.6) is 0 Å². The van der Waals surface area contributed by atoms with Gasteiger partial charge in [-0.25, -0.2) is 0 Å². The molecule has 3 unspecified atom stereocenters. The van der Waals surface area contributed by atoms with Gasteiger partial charge in [0.2, 0.25) is 0 Å². The molecule has 3 fully saturated rings. The van der Waals surface area contributed by atoms with Crippen molar-refractivity contribution in [3.63, 3.8) is 0 Å². The van der Waals surface area contributed by atoms with Crippen LogP contribution >= 0.6 is 35.1 Å². The van der Waals surface area contributed by atoms with E-state index in [4.69, 9.17) is 16.3 Å². The molecule has 3 aliphatic rings. The Balaban J connectivity index is 1.28. The van der Waals surface area contributed by atoms with E-state index in [-0.39, 0.29) is 30.4 Å². The molecule has 1 aromatic rings. The highest BCUT2D eigenvalue weighted by atomic mass is 35.5. The predicted octanol–water partition coefficient (Wildman–Crippen LogP) is 5.06. The van der Waals surface area contributed by atoms with Gasteiger partial charge in [-0.15, -0.1) is 23.5 Å². The summed E-state index contributed by atoms with van der Waals surface area (Å²) < 4.78 is 5.78. The minimum absolute atomic E-state index is 0.0594. The van der Waals surface area contributed by atoms with Gasteiger partial charge in [0.05, 0.1) is 16.0 Å². The maximum absolute atomic E-state index is 12.7. The molecule has 158 valence electrons. The largest absolute Gasteiger partial charge is 0.455 e. The molecule has 7 heteroatoms. The molecular formula is C22H28ClNO3S2. The number of amides is 1. The lowest BCUT2D eigenvalue weighted by Gasteiger charge is -2.51. The number of hydrogen-bond donors (Lipinski definition) is 1. The molecule has 1 aliphatic heterocycles. The molecule has 1 saturated heterocycles. The molecular weight excluding hydrogens is 426 g/mol. The van der Waals surface area contributed by atoms with Crippen LogP contribution in [0.2, 0.25) is 5.02 Å². The maximum atomic E-state index is 12.7. The number of nitrogens with one attached hydrogen (secondary N) is 1. The Labute approximate surface area is 186 Å². The lowest BCUT2D eigenvalue weighted by molar-refractivity contribution is -0.155. The average Bonchev–Trinajstić information content (AvgIpc) is 3.15. The van der Waals surface area contributed by atoms with Gasteiger partial charge in [0.15, 0.2) is 6.61 Å². The molecule has 0 radical (unpaired) electrons. The van der Waals surface area contributed by atoms with Crippen molar-refractivity contribution in [2.75, 3.05) is 18.1 Å². The summed E-state index contributed by atoms with van der Waals surface area (Å²) in [6.45, 7) is 1.67. The van der Waals surface area contributed by atoms with E-state index in [1.165, 1.54) is 30.8 Å². The average molecular weight is 454 g/mol. The molecule has 1 amide bonds. The summed E-state index contributed by atoms with van der Waals surface area (Å²) in [7, 11) is 0. The predicted molar refractivity (Wildman–Crippen MR) is 120 cm³/mol. The summed E-state index contributed by atoms with van der Waals surface area (Å²) in [5.41, 5.74) is 0.925. The number of carbonyl (C=O) groups excluding carboxylic acids is 2. The van der Waals surface area contributed by atoms with Gasteiger partial charge in [0.1, 0.15) is 0 Å². The lowest BCUT2D eigenvalue weighted by Crippen LogP contribution is -2.48. The van der Waals surface area contributed by atoms with Crippen molar-refractivity contribution in [3.05, 3.63) is 34.9 Å². The molecule has 4 rings (SSSR count). The monoisotopic (exact) mass is 453 g/mol. The summed E-state index contributed by atoms with van der Waals surface area (Å²) in [5.74, 6) is 3.13. The van der Waals surface area contributed by atoms with Crippen molar-refractivity contribution in [1.29, 1.82) is 0 Å². The Morgan fingerprint density at radius 1 is 1.24 bits per heavy atom. The molecule has 2 aliphatic carbocycles. The van der Waals surface area contributed by atoms with Gasteiger partial charge in [-0.3, -0.25) is 9.59 Å². The zero-order valence-electron chi connectivity index (χ0n) is 16.7. The smallest absolute Gasteiger partial charge is 0.309 e. The third kappa shape index (κ3) is 4.59. The highest BCUT2D eigenvalue weighted by Crippen LogP contribution is 2.64. The van der Waals surface area contributed by atoms with Crippen LogP contribution in [-0.4, -0.2) is 34.1 Å². The van der Waals surface area contributed by atoms with Gasteiger partial charge < -0.3 is 10.1 Å². The lowest BCUT2D eigenvalue weighted by atomic mass is 9.67. The second-order valence-corrected chi connectivity index (χ2v) is 11.8. The van der Waals surface area contributed by atoms with Crippen LogP contribution in [0, 0.1) is 17.8 Å². The molecule has 3 atom stereocenters. The highest BCUT2D eigenvalue weighted by Gasteiger charge is 2.55. The van der Waals surface area contributed by atoms with Crippen LogP contribution in [0.3, 0.4) is 0 Å². The van der Waals surface area contributed by atoms with E-state index in [9.17, 15) is 9.59 Å². The summed E-state index contributed by atoms with van der Waals surface area (Å²) >= 11 is 10.3. The van der Waals surface area contributed by atoms with Crippen LogP contribution in [0.1, 0.15) is 50.6 Å². The van der Waals surface area contributed by atoms with E-state index >= 15 is 0 Å². The first-order valence-electron chi connectivity index (χ1n) is 10.5. The van der Waals surface area contributed by atoms with E-state index < -0.39 is 0 Å². The number of rotatable bonds is 5. The summed E-state index contributed by atoms with van der Waals surface area (Å²) in [6, 6.07) is 7.21. The molecule has 1 spiro atoms. The van der Waals surface area contributed by atoms with Crippen molar-refractivity contribution in [3.8, 4) is 0 Å². The third-order valence-electron chi connectivity index (χ3n) is 6.52. The van der Waals surface area contributed by atoms with Crippen molar-refractivity contribution >= 4 is 47.0 Å². The second-order valence-electron chi connectivity index (χ2n) is 8.36. The molecule has 29 heavy (non-hydrogen) atoms. The second kappa shape index (κ2) is 9.11. The van der Waals surface area contributed by atoms with Crippen molar-refractivity contribution in [1.82, 2.24) is 5.32 Å². The van der Waals surface area contributed by atoms with Crippen molar-refractivity contribution in [2.24, 2.45) is 17.8 Å². The Morgan fingerprint density at radius 3 is 2.59 bits per heavy atom. The third-order valence-corrected chi connectivity index (χ3v) is 10.8. The van der Waals surface area contributed by atoms with Gasteiger partial charge in [0.25, 0.3) is 5.91 Å². The number of esters is 1. The van der Waals surface area contributed by atoms with E-state index in [1.807, 2.05) is 25.1 Å². The summed E-state index contributed by atoms with van der Waals surface area (Å²) in [4.78, 5) is 25.0. The summed E-state index contributed by atoms with van der Waals surface area (Å²) in [6.07, 6.45) is 5.55. The molecule has 2 saturated carbocycles. The molecule has 4 nitrogen and oxygen atoms in total. The summed E-state index contributed by atoms with van der Waals surface area (Å²) in [5, 5.41) is 3.51. The van der Waals surface area contributed by atoms with E-state index in [2.05, 4.69) is 28.8 Å². The Bertz CT molecular complexity index is 752. The van der Waals surface area contributed by atoms with Crippen LogP contribution in [0.25, 0.3) is 0 Å². The van der Waals surface area contributed by atoms with E-state index in [0.29, 0.717) is 20.9 Å². The molecule has 2 bridgehead atoms. The number of thioether (sulfide) groups is 2. The first-order chi connectivity index (χ1) is 14.0. The fraction of sp³-hybridized carbons (Fsp3) is 0.636. The van der Waals surface area contributed by atoms with Gasteiger partial charge >= 0.3 is 5.97 Å². The fourth-order valence-corrected chi connectivity index (χ4v) is 9.33. The number of hydrogen-bond acceptors (Lipinski definition) is 5. The van der Waals surface area contributed by atoms with Crippen LogP contribution < -0.4 is 5.32 Å². The van der Waals surface area contributed by atoms with Crippen LogP contribution in [0.4, 0.5) is 0 Å². The minimum atomic E-state index is -0.278. The van der Waals surface area contributed by atoms with E-state index in [0.717, 1.165) is 18.4 Å². The quantitative estimate of drug-likeness (QED) is 0.631. The van der Waals surface area contributed by atoms with Gasteiger partial charge in [-0.05, 0) is 62.1 Å². The van der Waals surface area contributed by atoms with Crippen molar-refractivity contribution in [2.45, 2.75) is 49.1 Å². The Hall–Kier alpha value is -0.850. The van der Waals surface area contributed by atoms with Gasteiger partial charge in [0, 0.05) is 16.5 Å². The van der Waals surface area contributed by atoms with E-state index in [1.54, 1.807) is 6.07 Å². The topological polar surface area (TPSA) is 55.4 Å².